The van der Waals surface area contributed by atoms with E-state index in [0.717, 1.165) is 23.3 Å². The predicted octanol–water partition coefficient (Wildman–Crippen LogP) is 7.03. The van der Waals surface area contributed by atoms with Crippen LogP contribution in [-0.4, -0.2) is 43.8 Å². The van der Waals surface area contributed by atoms with Crippen molar-refractivity contribution in [1.82, 2.24) is 10.2 Å². The number of amides is 2. The van der Waals surface area contributed by atoms with Crippen LogP contribution in [0, 0.1) is 6.92 Å². The van der Waals surface area contributed by atoms with E-state index in [2.05, 4.69) is 5.32 Å². The Kier molecular flexibility index (Phi) is 11.4. The second-order valence-corrected chi connectivity index (χ2v) is 13.6. The summed E-state index contributed by atoms with van der Waals surface area (Å²) in [7, 11) is -4.64. The fourth-order valence-corrected chi connectivity index (χ4v) is 6.65. The maximum atomic E-state index is 14.5. The zero-order valence-electron chi connectivity index (χ0n) is 26.0. The summed E-state index contributed by atoms with van der Waals surface area (Å²) in [6, 6.07) is 24.2. The molecule has 7 nitrogen and oxygen atoms in total. The van der Waals surface area contributed by atoms with Gasteiger partial charge in [-0.25, -0.2) is 8.42 Å². The van der Waals surface area contributed by atoms with Crippen LogP contribution in [0.25, 0.3) is 0 Å². The van der Waals surface area contributed by atoms with E-state index in [0.29, 0.717) is 15.9 Å². The lowest BCUT2D eigenvalue weighted by molar-refractivity contribution is -0.140. The molecule has 4 aromatic carbocycles. The number of alkyl halides is 3. The molecule has 0 spiro atoms. The van der Waals surface area contributed by atoms with Crippen molar-refractivity contribution in [3.63, 3.8) is 0 Å². The summed E-state index contributed by atoms with van der Waals surface area (Å²) in [5, 5.41) is 2.55. The number of rotatable bonds is 12. The molecule has 0 saturated heterocycles. The Labute approximate surface area is 278 Å². The van der Waals surface area contributed by atoms with Crippen LogP contribution in [-0.2, 0) is 38.8 Å². The van der Waals surface area contributed by atoms with Crippen LogP contribution in [0.3, 0.4) is 0 Å². The number of carbonyl (C=O) groups is 2. The lowest BCUT2D eigenvalue weighted by Gasteiger charge is -2.34. The second kappa shape index (κ2) is 15.0. The first-order valence-electron chi connectivity index (χ1n) is 14.8. The topological polar surface area (TPSA) is 86.8 Å². The first-order valence-corrected chi connectivity index (χ1v) is 16.6. The Hall–Kier alpha value is -4.35. The Bertz CT molecular complexity index is 1790. The number of carbonyl (C=O) groups excluding carboxylic acids is 2. The number of halogens is 4. The van der Waals surface area contributed by atoms with Gasteiger partial charge in [-0.2, -0.15) is 13.2 Å². The van der Waals surface area contributed by atoms with E-state index in [9.17, 15) is 31.2 Å². The second-order valence-electron chi connectivity index (χ2n) is 11.4. The average Bonchev–Trinajstić information content (AvgIpc) is 3.02. The molecule has 12 heteroatoms. The van der Waals surface area contributed by atoms with Gasteiger partial charge in [-0.05, 0) is 62.2 Å². The van der Waals surface area contributed by atoms with Crippen molar-refractivity contribution in [2.45, 2.75) is 56.9 Å². The smallest absolute Gasteiger partial charge is 0.352 e. The fraction of sp³-hybridized carbons (Fsp3) is 0.257. The molecular formula is C35H35ClF3N3O4S. The zero-order chi connectivity index (χ0) is 34.4. The Morgan fingerprint density at radius 1 is 0.851 bits per heavy atom. The number of aryl methyl sites for hydroxylation is 1. The van der Waals surface area contributed by atoms with E-state index in [1.807, 2.05) is 25.1 Å². The lowest BCUT2D eigenvalue weighted by Crippen LogP contribution is -2.54. The average molecular weight is 686 g/mol. The molecule has 0 aliphatic heterocycles. The molecule has 0 aliphatic rings. The molecular weight excluding hydrogens is 651 g/mol. The SMILES string of the molecule is Cc1ccc(CN(C(=O)CN(c2cc(C(F)(F)F)ccc2Cl)S(=O)(=O)c2ccccc2)C(Cc2ccccc2)C(=O)NC(C)C)cc1. The summed E-state index contributed by atoms with van der Waals surface area (Å²) >= 11 is 6.36. The van der Waals surface area contributed by atoms with Crippen molar-refractivity contribution in [1.29, 1.82) is 0 Å². The van der Waals surface area contributed by atoms with E-state index in [-0.39, 0.29) is 28.9 Å². The van der Waals surface area contributed by atoms with Crippen molar-refractivity contribution < 1.29 is 31.2 Å². The van der Waals surface area contributed by atoms with Gasteiger partial charge in [0.05, 0.1) is 21.2 Å². The molecule has 0 heterocycles. The van der Waals surface area contributed by atoms with Crippen LogP contribution in [0.2, 0.25) is 5.02 Å². The monoisotopic (exact) mass is 685 g/mol. The molecule has 4 rings (SSSR count). The normalized spacial score (nSPS) is 12.4. The van der Waals surface area contributed by atoms with E-state index in [4.69, 9.17) is 11.6 Å². The molecule has 0 aromatic heterocycles. The molecule has 0 fully saturated rings. The molecule has 1 atom stereocenters. The Morgan fingerprint density at radius 2 is 1.45 bits per heavy atom. The van der Waals surface area contributed by atoms with Crippen LogP contribution >= 0.6 is 11.6 Å². The van der Waals surface area contributed by atoms with Crippen LogP contribution in [0.15, 0.2) is 108 Å². The van der Waals surface area contributed by atoms with Gasteiger partial charge in [0.25, 0.3) is 10.0 Å². The molecule has 0 aliphatic carbocycles. The first-order chi connectivity index (χ1) is 22.2. The Balaban J connectivity index is 1.87. The molecule has 0 bridgehead atoms. The third-order valence-electron chi connectivity index (χ3n) is 7.33. The molecule has 4 aromatic rings. The van der Waals surface area contributed by atoms with Crippen molar-refractivity contribution in [3.05, 3.63) is 130 Å². The molecule has 47 heavy (non-hydrogen) atoms. The summed E-state index contributed by atoms with van der Waals surface area (Å²) in [4.78, 5) is 29.2. The van der Waals surface area contributed by atoms with Crippen LogP contribution in [0.4, 0.5) is 18.9 Å². The predicted molar refractivity (Wildman–Crippen MR) is 176 cm³/mol. The van der Waals surface area contributed by atoms with Crippen molar-refractivity contribution in [2.75, 3.05) is 10.8 Å². The highest BCUT2D eigenvalue weighted by atomic mass is 35.5. The van der Waals surface area contributed by atoms with Gasteiger partial charge in [-0.15, -0.1) is 0 Å². The maximum Gasteiger partial charge on any atom is 0.416 e. The van der Waals surface area contributed by atoms with Gasteiger partial charge in [-0.1, -0.05) is 90.0 Å². The number of hydrogen-bond donors (Lipinski definition) is 1. The van der Waals surface area contributed by atoms with Crippen molar-refractivity contribution in [2.24, 2.45) is 0 Å². The standard InChI is InChI=1S/C35H35ClF3N3O4S/c1-24(2)40-34(44)32(20-26-10-6-4-7-11-26)41(22-27-16-14-25(3)15-17-27)33(43)23-42(47(45,46)29-12-8-5-9-13-29)31-21-28(35(37,38)39)18-19-30(31)36/h4-19,21,24,32H,20,22-23H2,1-3H3,(H,40,44). The van der Waals surface area contributed by atoms with E-state index < -0.39 is 51.9 Å². The van der Waals surface area contributed by atoms with Gasteiger partial charge >= 0.3 is 6.18 Å². The lowest BCUT2D eigenvalue weighted by atomic mass is 10.0. The van der Waals surface area contributed by atoms with Gasteiger partial charge in [0.15, 0.2) is 0 Å². The zero-order valence-corrected chi connectivity index (χ0v) is 27.6. The summed E-state index contributed by atoms with van der Waals surface area (Å²) in [5.74, 6) is -1.29. The number of benzene rings is 4. The minimum absolute atomic E-state index is 0.0856. The largest absolute Gasteiger partial charge is 0.416 e. The number of nitrogens with zero attached hydrogens (tertiary/aromatic N) is 2. The van der Waals surface area contributed by atoms with E-state index in [1.165, 1.54) is 29.2 Å². The third-order valence-corrected chi connectivity index (χ3v) is 9.42. The van der Waals surface area contributed by atoms with Gasteiger partial charge in [0, 0.05) is 19.0 Å². The van der Waals surface area contributed by atoms with Crippen molar-refractivity contribution in [3.8, 4) is 0 Å². The van der Waals surface area contributed by atoms with Crippen molar-refractivity contribution >= 4 is 39.1 Å². The van der Waals surface area contributed by atoms with Crippen LogP contribution in [0.5, 0.6) is 0 Å². The molecule has 0 saturated carbocycles. The maximum absolute atomic E-state index is 14.5. The van der Waals surface area contributed by atoms with Gasteiger partial charge in [-0.3, -0.25) is 13.9 Å². The highest BCUT2D eigenvalue weighted by molar-refractivity contribution is 7.92. The van der Waals surface area contributed by atoms with Crippen LogP contribution in [0.1, 0.15) is 36.1 Å². The van der Waals surface area contributed by atoms with Gasteiger partial charge < -0.3 is 10.2 Å². The number of nitrogens with one attached hydrogen (secondary N) is 1. The molecule has 1 unspecified atom stereocenters. The minimum atomic E-state index is -4.82. The fourth-order valence-electron chi connectivity index (χ4n) is 4.94. The minimum Gasteiger partial charge on any atom is -0.352 e. The Morgan fingerprint density at radius 3 is 2.02 bits per heavy atom. The molecule has 248 valence electrons. The van der Waals surface area contributed by atoms with Gasteiger partial charge in [0.1, 0.15) is 12.6 Å². The number of hydrogen-bond acceptors (Lipinski definition) is 4. The summed E-state index contributed by atoms with van der Waals surface area (Å²) < 4.78 is 70.2. The first kappa shape index (κ1) is 35.5. The molecule has 0 radical (unpaired) electrons. The summed E-state index contributed by atoms with van der Waals surface area (Å²) in [6.45, 7) is 4.41. The third kappa shape index (κ3) is 9.14. The molecule has 1 N–H and O–H groups in total. The highest BCUT2D eigenvalue weighted by Gasteiger charge is 2.37. The quantitative estimate of drug-likeness (QED) is 0.174. The highest BCUT2D eigenvalue weighted by Crippen LogP contribution is 2.37. The van der Waals surface area contributed by atoms with Crippen LogP contribution < -0.4 is 9.62 Å². The summed E-state index contributed by atoms with van der Waals surface area (Å²) in [5.41, 5.74) is 0.693. The summed E-state index contributed by atoms with van der Waals surface area (Å²) in [6.07, 6.45) is -4.73. The number of anilines is 1. The van der Waals surface area contributed by atoms with E-state index in [1.54, 1.807) is 56.3 Å². The molecule has 2 amide bonds. The van der Waals surface area contributed by atoms with E-state index >= 15 is 0 Å². The number of sulfonamides is 1. The van der Waals surface area contributed by atoms with Gasteiger partial charge in [0.2, 0.25) is 11.8 Å².